The number of rotatable bonds is 0. The smallest absolute Gasteiger partial charge is 0.336 e. The predicted octanol–water partition coefficient (Wildman–Crippen LogP) is 2.82. The molecule has 2 aromatic rings. The summed E-state index contributed by atoms with van der Waals surface area (Å²) in [5, 5.41) is 0.969. The summed E-state index contributed by atoms with van der Waals surface area (Å²) in [7, 11) is 0. The van der Waals surface area contributed by atoms with Crippen LogP contribution in [0.25, 0.3) is 17.0 Å². The van der Waals surface area contributed by atoms with Gasteiger partial charge >= 0.3 is 5.63 Å². The molecule has 1 aromatic heterocycles. The molecule has 1 aliphatic rings. The molecule has 0 spiro atoms. The molecule has 1 aliphatic heterocycles. The second-order valence-corrected chi connectivity index (χ2v) is 4.20. The average molecular weight is 228 g/mol. The summed E-state index contributed by atoms with van der Waals surface area (Å²) >= 11 is 0. The van der Waals surface area contributed by atoms with E-state index in [9.17, 15) is 4.79 Å². The quantitative estimate of drug-likeness (QED) is 0.651. The van der Waals surface area contributed by atoms with Crippen molar-refractivity contribution < 1.29 is 9.15 Å². The van der Waals surface area contributed by atoms with Crippen molar-refractivity contribution in [3.05, 3.63) is 45.3 Å². The van der Waals surface area contributed by atoms with Crippen molar-refractivity contribution in [1.29, 1.82) is 0 Å². The first-order chi connectivity index (χ1) is 8.18. The van der Waals surface area contributed by atoms with Crippen molar-refractivity contribution in [3.8, 4) is 5.75 Å². The Morgan fingerprint density at radius 1 is 1.18 bits per heavy atom. The number of benzene rings is 1. The Morgan fingerprint density at radius 2 is 2.00 bits per heavy atom. The van der Waals surface area contributed by atoms with E-state index in [2.05, 4.69) is 0 Å². The summed E-state index contributed by atoms with van der Waals surface area (Å²) in [6.07, 6.45) is 3.88. The van der Waals surface area contributed by atoms with E-state index in [1.54, 1.807) is 0 Å². The molecule has 0 fully saturated rings. The first-order valence-electron chi connectivity index (χ1n) is 5.55. The maximum absolute atomic E-state index is 11.3. The van der Waals surface area contributed by atoms with Gasteiger partial charge in [-0.2, -0.15) is 0 Å². The van der Waals surface area contributed by atoms with Gasteiger partial charge in [-0.05, 0) is 43.2 Å². The zero-order valence-corrected chi connectivity index (χ0v) is 9.74. The molecule has 0 atom stereocenters. The normalized spacial score (nSPS) is 13.5. The fourth-order valence-corrected chi connectivity index (χ4v) is 2.22. The molecule has 3 rings (SSSR count). The fourth-order valence-electron chi connectivity index (χ4n) is 2.22. The SMILES string of the molecule is Cc1c2c(c3oc(=O)ccc3c1C)C=CCO2. The van der Waals surface area contributed by atoms with Crippen molar-refractivity contribution in [2.24, 2.45) is 0 Å². The van der Waals surface area contributed by atoms with Crippen LogP contribution in [0.5, 0.6) is 5.75 Å². The molecule has 0 amide bonds. The third kappa shape index (κ3) is 1.39. The highest BCUT2D eigenvalue weighted by molar-refractivity contribution is 5.92. The van der Waals surface area contributed by atoms with E-state index in [0.29, 0.717) is 12.2 Å². The molecule has 0 aliphatic carbocycles. The molecule has 0 unspecified atom stereocenters. The molecule has 0 N–H and O–H groups in total. The van der Waals surface area contributed by atoms with Crippen LogP contribution in [0.3, 0.4) is 0 Å². The van der Waals surface area contributed by atoms with Gasteiger partial charge in [-0.15, -0.1) is 0 Å². The predicted molar refractivity (Wildman–Crippen MR) is 66.5 cm³/mol. The van der Waals surface area contributed by atoms with Crippen molar-refractivity contribution in [2.45, 2.75) is 13.8 Å². The molecule has 0 saturated carbocycles. The van der Waals surface area contributed by atoms with Gasteiger partial charge in [-0.25, -0.2) is 4.79 Å². The van der Waals surface area contributed by atoms with Crippen molar-refractivity contribution in [1.82, 2.24) is 0 Å². The van der Waals surface area contributed by atoms with Gasteiger partial charge < -0.3 is 9.15 Å². The minimum Gasteiger partial charge on any atom is -0.488 e. The maximum atomic E-state index is 11.3. The summed E-state index contributed by atoms with van der Waals surface area (Å²) in [4.78, 5) is 11.3. The zero-order valence-electron chi connectivity index (χ0n) is 9.74. The second kappa shape index (κ2) is 3.48. The van der Waals surface area contributed by atoms with Crippen molar-refractivity contribution in [2.75, 3.05) is 6.61 Å². The highest BCUT2D eigenvalue weighted by Crippen LogP contribution is 2.37. The summed E-state index contributed by atoms with van der Waals surface area (Å²) in [5.41, 5.74) is 3.35. The standard InChI is InChI=1S/C14H12O3/c1-8-9(2)13-11(4-3-7-16-13)14-10(8)5-6-12(15)17-14/h3-6H,7H2,1-2H3. The number of fused-ring (bicyclic) bond motifs is 3. The van der Waals surface area contributed by atoms with E-state index in [1.807, 2.05) is 32.1 Å². The van der Waals surface area contributed by atoms with Crippen LogP contribution in [-0.2, 0) is 0 Å². The lowest BCUT2D eigenvalue weighted by Crippen LogP contribution is -2.06. The summed E-state index contributed by atoms with van der Waals surface area (Å²) in [6.45, 7) is 4.60. The molecule has 86 valence electrons. The minimum absolute atomic E-state index is 0.332. The Morgan fingerprint density at radius 3 is 2.82 bits per heavy atom. The van der Waals surface area contributed by atoms with E-state index in [4.69, 9.17) is 9.15 Å². The molecule has 0 bridgehead atoms. The van der Waals surface area contributed by atoms with Crippen LogP contribution in [-0.4, -0.2) is 6.61 Å². The van der Waals surface area contributed by atoms with Crippen LogP contribution in [0.2, 0.25) is 0 Å². The van der Waals surface area contributed by atoms with Gasteiger partial charge in [0.05, 0.1) is 5.56 Å². The lowest BCUT2D eigenvalue weighted by atomic mass is 9.98. The molecular weight excluding hydrogens is 216 g/mol. The van der Waals surface area contributed by atoms with E-state index < -0.39 is 0 Å². The molecule has 0 saturated heterocycles. The number of aryl methyl sites for hydroxylation is 1. The number of ether oxygens (including phenoxy) is 1. The lowest BCUT2D eigenvalue weighted by Gasteiger charge is -2.18. The lowest BCUT2D eigenvalue weighted by molar-refractivity contribution is 0.355. The third-order valence-electron chi connectivity index (χ3n) is 3.24. The van der Waals surface area contributed by atoms with Crippen LogP contribution >= 0.6 is 0 Å². The van der Waals surface area contributed by atoms with Crippen LogP contribution in [0.15, 0.2) is 27.4 Å². The highest BCUT2D eigenvalue weighted by Gasteiger charge is 2.18. The van der Waals surface area contributed by atoms with Gasteiger partial charge in [0.2, 0.25) is 0 Å². The molecule has 1 aromatic carbocycles. The molecule has 3 nitrogen and oxygen atoms in total. The first kappa shape index (κ1) is 10.1. The number of hydrogen-bond acceptors (Lipinski definition) is 3. The fraction of sp³-hybridized carbons (Fsp3) is 0.214. The highest BCUT2D eigenvalue weighted by atomic mass is 16.5. The van der Waals surface area contributed by atoms with Crippen LogP contribution in [0.4, 0.5) is 0 Å². The third-order valence-corrected chi connectivity index (χ3v) is 3.24. The zero-order chi connectivity index (χ0) is 12.0. The first-order valence-corrected chi connectivity index (χ1v) is 5.55. The van der Waals surface area contributed by atoms with E-state index >= 15 is 0 Å². The Hall–Kier alpha value is -2.03. The van der Waals surface area contributed by atoms with Crippen LogP contribution in [0, 0.1) is 13.8 Å². The van der Waals surface area contributed by atoms with E-state index in [-0.39, 0.29) is 5.63 Å². The topological polar surface area (TPSA) is 39.4 Å². The van der Waals surface area contributed by atoms with Gasteiger partial charge in [0, 0.05) is 11.5 Å². The summed E-state index contributed by atoms with van der Waals surface area (Å²) in [6, 6.07) is 3.26. The molecule has 17 heavy (non-hydrogen) atoms. The minimum atomic E-state index is -0.332. The van der Waals surface area contributed by atoms with Gasteiger partial charge in [-0.3, -0.25) is 0 Å². The molecular formula is C14H12O3. The summed E-state index contributed by atoms with van der Waals surface area (Å²) in [5.74, 6) is 0.826. The van der Waals surface area contributed by atoms with Gasteiger partial charge in [-0.1, -0.05) is 0 Å². The van der Waals surface area contributed by atoms with Crippen molar-refractivity contribution >= 4 is 17.0 Å². The van der Waals surface area contributed by atoms with Crippen LogP contribution in [0.1, 0.15) is 16.7 Å². The van der Waals surface area contributed by atoms with Crippen LogP contribution < -0.4 is 10.4 Å². The summed E-state index contributed by atoms with van der Waals surface area (Å²) < 4.78 is 10.9. The monoisotopic (exact) mass is 228 g/mol. The Labute approximate surface area is 98.3 Å². The molecule has 3 heteroatoms. The van der Waals surface area contributed by atoms with Crippen molar-refractivity contribution in [3.63, 3.8) is 0 Å². The Kier molecular flexibility index (Phi) is 2.08. The van der Waals surface area contributed by atoms with Gasteiger partial charge in [0.1, 0.15) is 17.9 Å². The molecule has 0 radical (unpaired) electrons. The molecule has 2 heterocycles. The van der Waals surface area contributed by atoms with E-state index in [1.165, 1.54) is 6.07 Å². The van der Waals surface area contributed by atoms with Gasteiger partial charge in [0.25, 0.3) is 0 Å². The number of hydrogen-bond donors (Lipinski definition) is 0. The second-order valence-electron chi connectivity index (χ2n) is 4.20. The average Bonchev–Trinajstić information content (AvgIpc) is 2.36. The van der Waals surface area contributed by atoms with Gasteiger partial charge in [0.15, 0.2) is 0 Å². The largest absolute Gasteiger partial charge is 0.488 e. The van der Waals surface area contributed by atoms with E-state index in [0.717, 1.165) is 27.8 Å². The Bertz CT molecular complexity index is 693. The Balaban J connectivity index is 2.55. The maximum Gasteiger partial charge on any atom is 0.336 e.